The molecule has 0 spiro atoms. The molecule has 8 nitrogen and oxygen atoms in total. The number of carbonyl (C=O) groups is 2. The number of halogens is 1. The number of hydrogen-bond acceptors (Lipinski definition) is 6. The molecule has 30 heavy (non-hydrogen) atoms. The highest BCUT2D eigenvalue weighted by molar-refractivity contribution is 7.98. The maximum Gasteiger partial charge on any atom is 0.240 e. The number of para-hydroxylation sites is 1. The first-order chi connectivity index (χ1) is 14.3. The van der Waals surface area contributed by atoms with Crippen LogP contribution in [0, 0.1) is 0 Å². The summed E-state index contributed by atoms with van der Waals surface area (Å²) in [5.41, 5.74) is 0.567. The number of anilines is 1. The minimum Gasteiger partial charge on any atom is -0.339 e. The lowest BCUT2D eigenvalue weighted by atomic mass is 10.2. The Morgan fingerprint density at radius 2 is 1.87 bits per heavy atom. The van der Waals surface area contributed by atoms with Gasteiger partial charge in [0.1, 0.15) is 6.04 Å². The number of piperazine rings is 1. The Bertz CT molecular complexity index is 830. The first-order valence-electron chi connectivity index (χ1n) is 9.80. The molecule has 1 aromatic rings. The van der Waals surface area contributed by atoms with E-state index in [0.29, 0.717) is 49.1 Å². The van der Waals surface area contributed by atoms with Gasteiger partial charge in [0, 0.05) is 26.2 Å². The average Bonchev–Trinajstić information content (AvgIpc) is 2.73. The van der Waals surface area contributed by atoms with Gasteiger partial charge in [-0.25, -0.2) is 13.1 Å². The van der Waals surface area contributed by atoms with Crippen molar-refractivity contribution in [3.8, 4) is 0 Å². The van der Waals surface area contributed by atoms with Crippen LogP contribution in [-0.4, -0.2) is 86.6 Å². The molecule has 0 aliphatic carbocycles. The number of benzene rings is 1. The second kappa shape index (κ2) is 11.9. The molecule has 1 aliphatic rings. The van der Waals surface area contributed by atoms with Crippen LogP contribution in [0.1, 0.15) is 13.3 Å². The van der Waals surface area contributed by atoms with E-state index in [2.05, 4.69) is 10.0 Å². The van der Waals surface area contributed by atoms with Crippen molar-refractivity contribution >= 4 is 50.9 Å². The van der Waals surface area contributed by atoms with Crippen LogP contribution in [0.3, 0.4) is 0 Å². The van der Waals surface area contributed by atoms with E-state index in [9.17, 15) is 18.0 Å². The zero-order valence-electron chi connectivity index (χ0n) is 17.3. The Balaban J connectivity index is 1.87. The first-order valence-corrected chi connectivity index (χ1v) is 13.2. The summed E-state index contributed by atoms with van der Waals surface area (Å²) in [5, 5.41) is 3.27. The van der Waals surface area contributed by atoms with Crippen LogP contribution >= 0.6 is 23.4 Å². The lowest BCUT2D eigenvalue weighted by Gasteiger charge is -2.36. The van der Waals surface area contributed by atoms with Gasteiger partial charge in [0.05, 0.1) is 23.0 Å². The standard InChI is InChI=1S/C19H29ClN4O4S2/c1-3-30(27,28)22-17(8-13-29-2)19(26)24-11-9-23(10-12-24)14-18(25)21-16-7-5-4-6-15(16)20/h4-7,17,22H,3,8-14H2,1-2H3,(H,21,25). The molecule has 1 saturated heterocycles. The van der Waals surface area contributed by atoms with Crippen molar-refractivity contribution < 1.29 is 18.0 Å². The van der Waals surface area contributed by atoms with E-state index in [-0.39, 0.29) is 24.1 Å². The Morgan fingerprint density at radius 3 is 2.47 bits per heavy atom. The highest BCUT2D eigenvalue weighted by Crippen LogP contribution is 2.20. The van der Waals surface area contributed by atoms with E-state index in [1.165, 1.54) is 0 Å². The van der Waals surface area contributed by atoms with Crippen molar-refractivity contribution in [1.82, 2.24) is 14.5 Å². The van der Waals surface area contributed by atoms with Crippen molar-refractivity contribution in [3.63, 3.8) is 0 Å². The topological polar surface area (TPSA) is 98.8 Å². The summed E-state index contributed by atoms with van der Waals surface area (Å²) in [6.45, 7) is 3.72. The van der Waals surface area contributed by atoms with Gasteiger partial charge in [-0.15, -0.1) is 0 Å². The zero-order valence-corrected chi connectivity index (χ0v) is 19.7. The lowest BCUT2D eigenvalue weighted by molar-refractivity contribution is -0.134. The van der Waals surface area contributed by atoms with Gasteiger partial charge in [0.25, 0.3) is 0 Å². The molecule has 0 saturated carbocycles. The summed E-state index contributed by atoms with van der Waals surface area (Å²) in [6, 6.07) is 6.29. The molecule has 168 valence electrons. The Kier molecular flexibility index (Phi) is 9.89. The summed E-state index contributed by atoms with van der Waals surface area (Å²) in [7, 11) is -3.47. The van der Waals surface area contributed by atoms with E-state index in [0.717, 1.165) is 0 Å². The fraction of sp³-hybridized carbons (Fsp3) is 0.579. The van der Waals surface area contributed by atoms with Gasteiger partial charge in [0.2, 0.25) is 21.8 Å². The molecular weight excluding hydrogens is 448 g/mol. The van der Waals surface area contributed by atoms with Crippen LogP contribution in [-0.2, 0) is 19.6 Å². The summed E-state index contributed by atoms with van der Waals surface area (Å²) in [5.74, 6) is 0.243. The van der Waals surface area contributed by atoms with E-state index in [4.69, 9.17) is 11.6 Å². The molecule has 2 amide bonds. The zero-order chi connectivity index (χ0) is 22.1. The van der Waals surface area contributed by atoms with Gasteiger partial charge in [-0.2, -0.15) is 11.8 Å². The summed E-state index contributed by atoms with van der Waals surface area (Å²) < 4.78 is 26.4. The summed E-state index contributed by atoms with van der Waals surface area (Å²) in [6.07, 6.45) is 2.36. The maximum absolute atomic E-state index is 12.9. The second-order valence-corrected chi connectivity index (χ2v) is 10.4. The number of carbonyl (C=O) groups excluding carboxylic acids is 2. The summed E-state index contributed by atoms with van der Waals surface area (Å²) in [4.78, 5) is 28.8. The number of rotatable bonds is 10. The number of amides is 2. The fourth-order valence-corrected chi connectivity index (χ4v) is 4.54. The average molecular weight is 477 g/mol. The van der Waals surface area contributed by atoms with Crippen LogP contribution in [0.2, 0.25) is 5.02 Å². The third kappa shape index (κ3) is 7.73. The molecule has 1 aliphatic heterocycles. The number of sulfonamides is 1. The minimum absolute atomic E-state index is 0.0651. The maximum atomic E-state index is 12.9. The third-order valence-corrected chi connectivity index (χ3v) is 7.19. The first kappa shape index (κ1) is 24.9. The van der Waals surface area contributed by atoms with Crippen LogP contribution < -0.4 is 10.0 Å². The van der Waals surface area contributed by atoms with Crippen molar-refractivity contribution in [2.24, 2.45) is 0 Å². The normalized spacial score (nSPS) is 16.3. The van der Waals surface area contributed by atoms with Crippen molar-refractivity contribution in [3.05, 3.63) is 29.3 Å². The van der Waals surface area contributed by atoms with Crippen LogP contribution in [0.15, 0.2) is 24.3 Å². The van der Waals surface area contributed by atoms with E-state index < -0.39 is 16.1 Å². The largest absolute Gasteiger partial charge is 0.339 e. The number of thioether (sulfide) groups is 1. The van der Waals surface area contributed by atoms with Crippen molar-refractivity contribution in [2.45, 2.75) is 19.4 Å². The number of nitrogens with one attached hydrogen (secondary N) is 2. The Labute approximate surface area is 187 Å². The van der Waals surface area contributed by atoms with Gasteiger partial charge in [-0.05, 0) is 37.5 Å². The third-order valence-electron chi connectivity index (χ3n) is 4.81. The molecule has 0 bridgehead atoms. The number of hydrogen-bond donors (Lipinski definition) is 2. The van der Waals surface area contributed by atoms with Gasteiger partial charge in [-0.3, -0.25) is 14.5 Å². The molecule has 11 heteroatoms. The van der Waals surface area contributed by atoms with Crippen LogP contribution in [0.4, 0.5) is 5.69 Å². The SMILES string of the molecule is CCS(=O)(=O)NC(CCSC)C(=O)N1CCN(CC(=O)Nc2ccccc2Cl)CC1. The van der Waals surface area contributed by atoms with Crippen molar-refractivity contribution in [1.29, 1.82) is 0 Å². The highest BCUT2D eigenvalue weighted by atomic mass is 35.5. The molecule has 1 aromatic carbocycles. The molecule has 2 N–H and O–H groups in total. The lowest BCUT2D eigenvalue weighted by Crippen LogP contribution is -2.55. The van der Waals surface area contributed by atoms with Crippen LogP contribution in [0.5, 0.6) is 0 Å². The Morgan fingerprint density at radius 1 is 1.20 bits per heavy atom. The molecule has 1 atom stereocenters. The number of nitrogens with zero attached hydrogens (tertiary/aromatic N) is 2. The molecule has 0 aromatic heterocycles. The van der Waals surface area contributed by atoms with Crippen molar-refractivity contribution in [2.75, 3.05) is 55.8 Å². The van der Waals surface area contributed by atoms with Gasteiger partial charge in [0.15, 0.2) is 0 Å². The molecule has 1 fully saturated rings. The fourth-order valence-electron chi connectivity index (χ4n) is 3.07. The summed E-state index contributed by atoms with van der Waals surface area (Å²) >= 11 is 7.63. The minimum atomic E-state index is -3.47. The Hall–Kier alpha value is -1.33. The molecule has 1 heterocycles. The smallest absolute Gasteiger partial charge is 0.240 e. The molecule has 2 rings (SSSR count). The van der Waals surface area contributed by atoms with Crippen LogP contribution in [0.25, 0.3) is 0 Å². The predicted octanol–water partition coefficient (Wildman–Crippen LogP) is 1.48. The second-order valence-electron chi connectivity index (χ2n) is 6.98. The molecule has 1 unspecified atom stereocenters. The highest BCUT2D eigenvalue weighted by Gasteiger charge is 2.30. The monoisotopic (exact) mass is 476 g/mol. The quantitative estimate of drug-likeness (QED) is 0.530. The van der Waals surface area contributed by atoms with E-state index >= 15 is 0 Å². The molecular formula is C19H29ClN4O4S2. The molecule has 0 radical (unpaired) electrons. The van der Waals surface area contributed by atoms with Gasteiger partial charge in [-0.1, -0.05) is 23.7 Å². The predicted molar refractivity (Wildman–Crippen MR) is 122 cm³/mol. The van der Waals surface area contributed by atoms with E-state index in [1.807, 2.05) is 11.2 Å². The van der Waals surface area contributed by atoms with E-state index in [1.54, 1.807) is 47.9 Å². The van der Waals surface area contributed by atoms with Gasteiger partial charge >= 0.3 is 0 Å². The van der Waals surface area contributed by atoms with Gasteiger partial charge < -0.3 is 10.2 Å².